The van der Waals surface area contributed by atoms with E-state index < -0.39 is 22.8 Å². The van der Waals surface area contributed by atoms with Crippen LogP contribution in [0.1, 0.15) is 82.6 Å². The van der Waals surface area contributed by atoms with Crippen LogP contribution in [-0.2, 0) is 36.0 Å². The first-order valence-electron chi connectivity index (χ1n) is 7.99. The van der Waals surface area contributed by atoms with Gasteiger partial charge in [0.2, 0.25) is 0 Å². The van der Waals surface area contributed by atoms with Gasteiger partial charge in [-0.15, -0.1) is 0 Å². The van der Waals surface area contributed by atoms with E-state index in [1.165, 1.54) is 6.92 Å². The molecule has 0 heterocycles. The first kappa shape index (κ1) is 35.8. The molecule has 0 spiro atoms. The van der Waals surface area contributed by atoms with Gasteiger partial charge in [0.05, 0.1) is 23.4 Å². The molecule has 0 aromatic carbocycles. The van der Waals surface area contributed by atoms with Crippen LogP contribution in [0.5, 0.6) is 0 Å². The molecular formula is C18H40O6Ti. The van der Waals surface area contributed by atoms with Gasteiger partial charge in [-0.2, -0.15) is 0 Å². The third-order valence-electron chi connectivity index (χ3n) is 0.699. The number of Topliss-reactive ketones (excluding diaryl/α,β-unsaturated/α-hetero) is 1. The summed E-state index contributed by atoms with van der Waals surface area (Å²) in [4.78, 5) is 20.6. The van der Waals surface area contributed by atoms with Crippen molar-refractivity contribution >= 4 is 11.8 Å². The second kappa shape index (κ2) is 17.2. The normalized spacial score (nSPS) is 10.3. The van der Waals surface area contributed by atoms with Crippen LogP contribution in [0, 0.1) is 0 Å². The van der Waals surface area contributed by atoms with E-state index in [0.717, 1.165) is 0 Å². The number of esters is 1. The van der Waals surface area contributed by atoms with E-state index in [4.69, 9.17) is 15.3 Å². The van der Waals surface area contributed by atoms with Crippen LogP contribution in [0.4, 0.5) is 0 Å². The van der Waals surface area contributed by atoms with Crippen LogP contribution < -0.4 is 0 Å². The Kier molecular flexibility index (Phi) is 24.6. The fourth-order valence-corrected chi connectivity index (χ4v) is 0.415. The maximum atomic E-state index is 10.4. The monoisotopic (exact) mass is 400 g/mol. The predicted octanol–water partition coefficient (Wildman–Crippen LogP) is 2.86. The second-order valence-corrected chi connectivity index (χ2v) is 8.20. The average Bonchev–Trinajstić information content (AvgIpc) is 2.06. The zero-order chi connectivity index (χ0) is 20.8. The number of carbonyl (C=O) groups excluding carboxylic acids is 2. The van der Waals surface area contributed by atoms with Gasteiger partial charge in [-0.3, -0.25) is 9.59 Å². The number of rotatable bonds is 3. The summed E-state index contributed by atoms with van der Waals surface area (Å²) in [6, 6.07) is 0. The van der Waals surface area contributed by atoms with Gasteiger partial charge in [-0.25, -0.2) is 0 Å². The SMILES string of the molecule is CC(C)(C)O.CC(C)(C)O.CC(C)(C)O.CCOC(=O)CC(C)=O.[Ti]. The second-order valence-electron chi connectivity index (χ2n) is 8.20. The zero-order valence-corrected chi connectivity index (χ0v) is 19.5. The van der Waals surface area contributed by atoms with Crippen molar-refractivity contribution in [2.45, 2.75) is 99.4 Å². The van der Waals surface area contributed by atoms with E-state index >= 15 is 0 Å². The van der Waals surface area contributed by atoms with Crippen molar-refractivity contribution in [3.05, 3.63) is 0 Å². The Morgan fingerprint density at radius 2 is 0.960 bits per heavy atom. The van der Waals surface area contributed by atoms with Gasteiger partial charge in [-0.05, 0) is 76.2 Å². The maximum absolute atomic E-state index is 10.4. The van der Waals surface area contributed by atoms with E-state index in [1.807, 2.05) is 0 Å². The Balaban J connectivity index is -0.0000000733. The standard InChI is InChI=1S/C6H10O3.3C4H10O.Ti/c1-3-9-6(8)4-5(2)7;3*1-4(2,3)5;/h3-4H2,1-2H3;3*5H,1-3H3;. The maximum Gasteiger partial charge on any atom is 0.313 e. The van der Waals surface area contributed by atoms with Gasteiger partial charge in [-0.1, -0.05) is 0 Å². The molecule has 0 bridgehead atoms. The molecule has 0 atom stereocenters. The van der Waals surface area contributed by atoms with Gasteiger partial charge in [0.25, 0.3) is 0 Å². The molecule has 0 saturated carbocycles. The summed E-state index contributed by atoms with van der Waals surface area (Å²) < 4.78 is 4.49. The zero-order valence-electron chi connectivity index (χ0n) is 18.0. The van der Waals surface area contributed by atoms with Crippen molar-refractivity contribution in [3.63, 3.8) is 0 Å². The minimum absolute atomic E-state index is 0. The molecule has 25 heavy (non-hydrogen) atoms. The number of carbonyl (C=O) groups is 2. The van der Waals surface area contributed by atoms with E-state index in [0.29, 0.717) is 6.61 Å². The number of hydrogen-bond donors (Lipinski definition) is 3. The van der Waals surface area contributed by atoms with Crippen LogP contribution >= 0.6 is 0 Å². The third-order valence-corrected chi connectivity index (χ3v) is 0.699. The largest absolute Gasteiger partial charge is 0.466 e. The van der Waals surface area contributed by atoms with Crippen molar-refractivity contribution < 1.29 is 51.4 Å². The molecule has 152 valence electrons. The summed E-state index contributed by atoms with van der Waals surface area (Å²) in [5.41, 5.74) is -1.50. The summed E-state index contributed by atoms with van der Waals surface area (Å²) in [5, 5.41) is 25.6. The molecule has 0 rings (SSSR count). The molecule has 0 saturated heterocycles. The summed E-state index contributed by atoms with van der Waals surface area (Å²) in [5.74, 6) is -0.599. The van der Waals surface area contributed by atoms with E-state index in [1.54, 1.807) is 69.2 Å². The molecule has 0 aliphatic carbocycles. The van der Waals surface area contributed by atoms with Crippen molar-refractivity contribution in [1.29, 1.82) is 0 Å². The van der Waals surface area contributed by atoms with Crippen LogP contribution in [0.3, 0.4) is 0 Å². The Bertz CT molecular complexity index is 275. The van der Waals surface area contributed by atoms with Gasteiger partial charge < -0.3 is 20.1 Å². The first-order chi connectivity index (χ1) is 10.2. The van der Waals surface area contributed by atoms with Crippen LogP contribution in [0.15, 0.2) is 0 Å². The molecule has 0 aromatic rings. The number of aliphatic hydroxyl groups is 3. The molecule has 0 aliphatic rings. The van der Waals surface area contributed by atoms with Crippen LogP contribution in [0.2, 0.25) is 0 Å². The molecule has 0 fully saturated rings. The predicted molar refractivity (Wildman–Crippen MR) is 97.8 cm³/mol. The fourth-order valence-electron chi connectivity index (χ4n) is 0.415. The third kappa shape index (κ3) is 247. The van der Waals surface area contributed by atoms with Crippen molar-refractivity contribution in [1.82, 2.24) is 0 Å². The molecule has 7 heteroatoms. The molecule has 0 radical (unpaired) electrons. The summed E-state index contributed by atoms with van der Waals surface area (Å²) >= 11 is 0. The molecule has 0 aliphatic heterocycles. The average molecular weight is 400 g/mol. The Hall–Kier alpha value is -0.266. The number of hydrogen-bond acceptors (Lipinski definition) is 6. The Labute approximate surface area is 169 Å². The summed E-state index contributed by atoms with van der Waals surface area (Å²) in [7, 11) is 0. The topological polar surface area (TPSA) is 104 Å². The molecule has 0 amide bonds. The molecular weight excluding hydrogens is 360 g/mol. The van der Waals surface area contributed by atoms with Gasteiger partial charge in [0.15, 0.2) is 0 Å². The fraction of sp³-hybridized carbons (Fsp3) is 0.889. The summed E-state index contributed by atoms with van der Waals surface area (Å²) in [6.45, 7) is 19.1. The Morgan fingerprint density at radius 1 is 0.760 bits per heavy atom. The number of ketones is 1. The van der Waals surface area contributed by atoms with Crippen molar-refractivity contribution in [3.8, 4) is 0 Å². The van der Waals surface area contributed by atoms with Crippen molar-refractivity contribution in [2.24, 2.45) is 0 Å². The smallest absolute Gasteiger partial charge is 0.313 e. The minimum Gasteiger partial charge on any atom is -0.466 e. The van der Waals surface area contributed by atoms with Gasteiger partial charge in [0.1, 0.15) is 12.2 Å². The summed E-state index contributed by atoms with van der Waals surface area (Å²) in [6.07, 6.45) is -0.103. The van der Waals surface area contributed by atoms with Gasteiger partial charge >= 0.3 is 5.97 Å². The molecule has 0 aromatic heterocycles. The Morgan fingerprint density at radius 3 is 1.08 bits per heavy atom. The van der Waals surface area contributed by atoms with Crippen LogP contribution in [-0.4, -0.2) is 50.5 Å². The van der Waals surface area contributed by atoms with E-state index in [-0.39, 0.29) is 33.9 Å². The van der Waals surface area contributed by atoms with E-state index in [9.17, 15) is 9.59 Å². The number of ether oxygens (including phenoxy) is 1. The minimum atomic E-state index is -0.500. The van der Waals surface area contributed by atoms with Crippen LogP contribution in [0.25, 0.3) is 0 Å². The molecule has 0 unspecified atom stereocenters. The van der Waals surface area contributed by atoms with Gasteiger partial charge in [0, 0.05) is 21.7 Å². The molecule has 3 N–H and O–H groups in total. The molecule has 6 nitrogen and oxygen atoms in total. The van der Waals surface area contributed by atoms with Crippen molar-refractivity contribution in [2.75, 3.05) is 6.61 Å². The van der Waals surface area contributed by atoms with E-state index in [2.05, 4.69) is 4.74 Å². The first-order valence-corrected chi connectivity index (χ1v) is 7.99. The quantitative estimate of drug-likeness (QED) is 0.382.